The molecule has 0 spiro atoms. The van der Waals surface area contributed by atoms with Crippen LogP contribution in [0.1, 0.15) is 20.8 Å². The van der Waals surface area contributed by atoms with Crippen LogP contribution in [0.2, 0.25) is 0 Å². The molecule has 0 aliphatic rings. The first-order valence-corrected chi connectivity index (χ1v) is 5.99. The molecule has 0 heterocycles. The summed E-state index contributed by atoms with van der Waals surface area (Å²) in [5, 5.41) is 12.1. The van der Waals surface area contributed by atoms with Gasteiger partial charge in [0.1, 0.15) is 5.54 Å². The van der Waals surface area contributed by atoms with Gasteiger partial charge in [-0.3, -0.25) is 9.69 Å². The van der Waals surface area contributed by atoms with Crippen molar-refractivity contribution in [2.24, 2.45) is 5.92 Å². The highest BCUT2D eigenvalue weighted by Gasteiger charge is 2.33. The number of nitrogens with zero attached hydrogens (tertiary/aromatic N) is 1. The lowest BCUT2D eigenvalue weighted by atomic mass is 10.0. The number of hydrogen-bond donors (Lipinski definition) is 2. The summed E-state index contributed by atoms with van der Waals surface area (Å²) in [4.78, 5) is 13.4. The van der Waals surface area contributed by atoms with Gasteiger partial charge in [0.25, 0.3) is 0 Å². The summed E-state index contributed by atoms with van der Waals surface area (Å²) < 4.78 is 5.05. The molecule has 0 aromatic carbocycles. The van der Waals surface area contributed by atoms with Gasteiger partial charge in [0.15, 0.2) is 0 Å². The third-order valence-corrected chi connectivity index (χ3v) is 2.80. The number of ether oxygens (including phenoxy) is 1. The van der Waals surface area contributed by atoms with Crippen LogP contribution in [0.4, 0.5) is 0 Å². The molecule has 0 rings (SSSR count). The minimum atomic E-state index is -0.914. The molecule has 5 heteroatoms. The Morgan fingerprint density at radius 1 is 1.53 bits per heavy atom. The molecule has 0 bridgehead atoms. The van der Waals surface area contributed by atoms with Gasteiger partial charge in [0.05, 0.1) is 6.61 Å². The monoisotopic (exact) mass is 246 g/mol. The molecule has 0 aromatic heterocycles. The Morgan fingerprint density at radius 2 is 2.12 bits per heavy atom. The van der Waals surface area contributed by atoms with Gasteiger partial charge in [-0.05, 0) is 19.9 Å². The third kappa shape index (κ3) is 6.00. The Kier molecular flexibility index (Phi) is 7.34. The summed E-state index contributed by atoms with van der Waals surface area (Å²) in [5.74, 6) is -0.326. The van der Waals surface area contributed by atoms with Gasteiger partial charge < -0.3 is 15.2 Å². The van der Waals surface area contributed by atoms with E-state index >= 15 is 0 Å². The Hall–Kier alpha value is -0.650. The van der Waals surface area contributed by atoms with Crippen molar-refractivity contribution >= 4 is 5.97 Å². The minimum absolute atomic E-state index is 0.473. The van der Waals surface area contributed by atoms with E-state index in [-0.39, 0.29) is 0 Å². The number of aliphatic carboxylic acids is 1. The van der Waals surface area contributed by atoms with Crippen molar-refractivity contribution in [2.45, 2.75) is 26.3 Å². The Balaban J connectivity index is 4.52. The second-order valence-corrected chi connectivity index (χ2v) is 5.01. The van der Waals surface area contributed by atoms with E-state index in [1.165, 1.54) is 0 Å². The molecule has 0 saturated carbocycles. The molecule has 1 atom stereocenters. The number of carbonyl (C=O) groups is 1. The van der Waals surface area contributed by atoms with Crippen LogP contribution in [0.15, 0.2) is 0 Å². The molecule has 0 amide bonds. The van der Waals surface area contributed by atoms with Crippen molar-refractivity contribution in [3.8, 4) is 0 Å². The molecule has 0 aliphatic carbocycles. The van der Waals surface area contributed by atoms with E-state index in [0.29, 0.717) is 19.1 Å². The van der Waals surface area contributed by atoms with Crippen LogP contribution in [0.5, 0.6) is 0 Å². The lowest BCUT2D eigenvalue weighted by Gasteiger charge is -2.33. The fraction of sp³-hybridized carbons (Fsp3) is 0.917. The van der Waals surface area contributed by atoms with E-state index < -0.39 is 11.5 Å². The van der Waals surface area contributed by atoms with Gasteiger partial charge in [-0.1, -0.05) is 13.8 Å². The van der Waals surface area contributed by atoms with Gasteiger partial charge in [0.2, 0.25) is 0 Å². The molecule has 0 fully saturated rings. The second kappa shape index (κ2) is 7.63. The molecule has 0 saturated heterocycles. The average molecular weight is 246 g/mol. The lowest BCUT2D eigenvalue weighted by Crippen LogP contribution is -2.56. The van der Waals surface area contributed by atoms with Gasteiger partial charge in [-0.2, -0.15) is 0 Å². The number of hydrogen-bond acceptors (Lipinski definition) is 4. The summed E-state index contributed by atoms with van der Waals surface area (Å²) in [6.07, 6.45) is 0. The van der Waals surface area contributed by atoms with Crippen molar-refractivity contribution in [1.29, 1.82) is 0 Å². The van der Waals surface area contributed by atoms with Crippen LogP contribution in [0.25, 0.3) is 0 Å². The first kappa shape index (κ1) is 16.4. The lowest BCUT2D eigenvalue weighted by molar-refractivity contribution is -0.144. The van der Waals surface area contributed by atoms with Crippen LogP contribution in [0, 0.1) is 5.92 Å². The highest BCUT2D eigenvalue weighted by molar-refractivity contribution is 5.78. The summed E-state index contributed by atoms with van der Waals surface area (Å²) in [5.41, 5.74) is -0.914. The summed E-state index contributed by atoms with van der Waals surface area (Å²) >= 11 is 0. The van der Waals surface area contributed by atoms with E-state index in [1.807, 2.05) is 0 Å². The zero-order valence-corrected chi connectivity index (χ0v) is 11.6. The van der Waals surface area contributed by atoms with Crippen LogP contribution in [0.3, 0.4) is 0 Å². The van der Waals surface area contributed by atoms with E-state index in [2.05, 4.69) is 24.1 Å². The van der Waals surface area contributed by atoms with Crippen LogP contribution >= 0.6 is 0 Å². The van der Waals surface area contributed by atoms with Crippen LogP contribution in [-0.2, 0) is 9.53 Å². The molecule has 1 unspecified atom stereocenters. The zero-order valence-electron chi connectivity index (χ0n) is 11.6. The van der Waals surface area contributed by atoms with Gasteiger partial charge in [-0.25, -0.2) is 0 Å². The Morgan fingerprint density at radius 3 is 2.47 bits per heavy atom. The van der Waals surface area contributed by atoms with Crippen molar-refractivity contribution in [1.82, 2.24) is 10.2 Å². The molecule has 0 aromatic rings. The SMILES string of the molecule is CNC(C)(CN(CCOC)CC(C)C)C(=O)O. The normalized spacial score (nSPS) is 15.2. The number of nitrogens with one attached hydrogen (secondary N) is 1. The Labute approximate surface area is 104 Å². The molecule has 0 radical (unpaired) electrons. The zero-order chi connectivity index (χ0) is 13.5. The van der Waals surface area contributed by atoms with Crippen LogP contribution < -0.4 is 5.32 Å². The van der Waals surface area contributed by atoms with Crippen molar-refractivity contribution < 1.29 is 14.6 Å². The number of methoxy groups -OCH3 is 1. The van der Waals surface area contributed by atoms with Crippen molar-refractivity contribution in [3.63, 3.8) is 0 Å². The molecular formula is C12H26N2O3. The largest absolute Gasteiger partial charge is 0.480 e. The first-order valence-electron chi connectivity index (χ1n) is 5.99. The summed E-state index contributed by atoms with van der Waals surface area (Å²) in [7, 11) is 3.33. The molecule has 102 valence electrons. The number of carboxylic acids is 1. The summed E-state index contributed by atoms with van der Waals surface area (Å²) in [6, 6.07) is 0. The topological polar surface area (TPSA) is 61.8 Å². The maximum Gasteiger partial charge on any atom is 0.324 e. The van der Waals surface area contributed by atoms with Gasteiger partial charge >= 0.3 is 5.97 Å². The first-order chi connectivity index (χ1) is 7.85. The predicted octanol–water partition coefficient (Wildman–Crippen LogP) is 0.654. The van der Waals surface area contributed by atoms with E-state index in [0.717, 1.165) is 13.1 Å². The fourth-order valence-corrected chi connectivity index (χ4v) is 1.67. The molecule has 0 aliphatic heterocycles. The number of likely N-dealkylation sites (N-methyl/N-ethyl adjacent to an activating group) is 1. The molecule has 17 heavy (non-hydrogen) atoms. The third-order valence-electron chi connectivity index (χ3n) is 2.80. The smallest absolute Gasteiger partial charge is 0.324 e. The van der Waals surface area contributed by atoms with Crippen molar-refractivity contribution in [2.75, 3.05) is 40.4 Å². The van der Waals surface area contributed by atoms with E-state index in [9.17, 15) is 9.90 Å². The average Bonchev–Trinajstić information content (AvgIpc) is 2.24. The maximum atomic E-state index is 11.2. The van der Waals surface area contributed by atoms with E-state index in [1.54, 1.807) is 21.1 Å². The molecule has 2 N–H and O–H groups in total. The predicted molar refractivity (Wildman–Crippen MR) is 68.3 cm³/mol. The Bertz CT molecular complexity index is 234. The van der Waals surface area contributed by atoms with Crippen molar-refractivity contribution in [3.05, 3.63) is 0 Å². The standard InChI is InChI=1S/C12H26N2O3/c1-10(2)8-14(6-7-17-5)9-12(3,13-4)11(15)16/h10,13H,6-9H2,1-5H3,(H,15,16). The second-order valence-electron chi connectivity index (χ2n) is 5.01. The summed E-state index contributed by atoms with van der Waals surface area (Å²) in [6.45, 7) is 8.66. The highest BCUT2D eigenvalue weighted by Crippen LogP contribution is 2.09. The fourth-order valence-electron chi connectivity index (χ4n) is 1.67. The van der Waals surface area contributed by atoms with Crippen LogP contribution in [-0.4, -0.2) is 61.9 Å². The van der Waals surface area contributed by atoms with E-state index in [4.69, 9.17) is 4.74 Å². The quantitative estimate of drug-likeness (QED) is 0.625. The number of carboxylic acid groups (broad SMARTS) is 1. The van der Waals surface area contributed by atoms with Gasteiger partial charge in [-0.15, -0.1) is 0 Å². The number of rotatable bonds is 9. The molecule has 5 nitrogen and oxygen atoms in total. The van der Waals surface area contributed by atoms with Gasteiger partial charge in [0, 0.05) is 26.7 Å². The maximum absolute atomic E-state index is 11.2. The molecular weight excluding hydrogens is 220 g/mol. The highest BCUT2D eigenvalue weighted by atomic mass is 16.5. The minimum Gasteiger partial charge on any atom is -0.480 e.